The van der Waals surface area contributed by atoms with Crippen LogP contribution in [0.15, 0.2) is 57.4 Å². The summed E-state index contributed by atoms with van der Waals surface area (Å²) in [7, 11) is 0. The number of aromatic nitrogens is 1. The molecule has 1 heterocycles. The van der Waals surface area contributed by atoms with Crippen molar-refractivity contribution in [3.63, 3.8) is 0 Å². The molecule has 1 N–H and O–H groups in total. The van der Waals surface area contributed by atoms with E-state index in [0.29, 0.717) is 19.4 Å². The molecule has 0 aliphatic heterocycles. The molecule has 1 aliphatic carbocycles. The number of hydrogen-bond acceptors (Lipinski definition) is 5. The zero-order valence-electron chi connectivity index (χ0n) is 28.5. The standard InChI is InChI=1S/C26H33N2O4.3C4H9.Sn/c1-2-3-17-26(23-27-19-20-31-23,22-15-8-5-9-16-22)24(29)32-25(30)28-18-11-10-14-21-12-6-4-7-13-21;3*1-3-4-2;/h1-2,5,8-9,15-16,19-21H,3-4,6-7,10-14,17-18H2,(H,28,30);3*1,3-4H2,2H3;. The summed E-state index contributed by atoms with van der Waals surface area (Å²) in [5, 5.41) is 2.83. The van der Waals surface area contributed by atoms with E-state index in [9.17, 15) is 9.59 Å². The van der Waals surface area contributed by atoms with E-state index < -0.39 is 35.9 Å². The zero-order chi connectivity index (χ0) is 32.2. The van der Waals surface area contributed by atoms with E-state index in [0.717, 1.165) is 24.3 Å². The Kier molecular flexibility index (Phi) is 17.4. The summed E-state index contributed by atoms with van der Waals surface area (Å²) < 4.78 is 18.2. The van der Waals surface area contributed by atoms with Crippen LogP contribution in [-0.2, 0) is 14.9 Å². The van der Waals surface area contributed by atoms with E-state index in [1.807, 2.05) is 30.3 Å². The second-order valence-corrected chi connectivity index (χ2v) is 26.3. The number of amides is 1. The first kappa shape index (κ1) is 37.4. The molecule has 1 aliphatic rings. The Labute approximate surface area is 277 Å². The van der Waals surface area contributed by atoms with Gasteiger partial charge in [-0.05, 0) is 5.92 Å². The number of ether oxygens (including phenoxy) is 1. The molecule has 1 atom stereocenters. The number of nitrogens with one attached hydrogen (secondary N) is 1. The summed E-state index contributed by atoms with van der Waals surface area (Å²) in [5.74, 6) is 0.458. The van der Waals surface area contributed by atoms with Crippen molar-refractivity contribution in [2.45, 2.75) is 142 Å². The first-order chi connectivity index (χ1) is 22.0. The summed E-state index contributed by atoms with van der Waals surface area (Å²) in [4.78, 5) is 31.5. The van der Waals surface area contributed by atoms with Gasteiger partial charge >= 0.3 is 234 Å². The fraction of sp³-hybridized carbons (Fsp3) is 0.658. The number of carbonyl (C=O) groups is 2. The molecule has 0 bridgehead atoms. The molecule has 250 valence electrons. The molecule has 2 aromatic rings. The first-order valence-electron chi connectivity index (χ1n) is 18.1. The van der Waals surface area contributed by atoms with Crippen LogP contribution >= 0.6 is 0 Å². The third kappa shape index (κ3) is 11.9. The molecule has 1 saturated carbocycles. The van der Waals surface area contributed by atoms with Crippen molar-refractivity contribution in [1.82, 2.24) is 10.3 Å². The van der Waals surface area contributed by atoms with Gasteiger partial charge in [-0.15, -0.1) is 0 Å². The van der Waals surface area contributed by atoms with E-state index in [-0.39, 0.29) is 5.89 Å². The van der Waals surface area contributed by atoms with E-state index in [2.05, 4.69) is 41.2 Å². The van der Waals surface area contributed by atoms with Crippen molar-refractivity contribution in [2.75, 3.05) is 6.54 Å². The van der Waals surface area contributed by atoms with Crippen LogP contribution in [0, 0.1) is 5.92 Å². The molecule has 1 unspecified atom stereocenters. The van der Waals surface area contributed by atoms with Crippen LogP contribution < -0.4 is 5.32 Å². The van der Waals surface area contributed by atoms with Gasteiger partial charge in [0.2, 0.25) is 0 Å². The van der Waals surface area contributed by atoms with Crippen LogP contribution in [-0.4, -0.2) is 42.0 Å². The molecule has 45 heavy (non-hydrogen) atoms. The van der Waals surface area contributed by atoms with E-state index in [1.54, 1.807) is 6.20 Å². The van der Waals surface area contributed by atoms with Crippen molar-refractivity contribution < 1.29 is 18.7 Å². The van der Waals surface area contributed by atoms with Gasteiger partial charge in [0.1, 0.15) is 0 Å². The second kappa shape index (κ2) is 20.9. The predicted octanol–water partition coefficient (Wildman–Crippen LogP) is 10.7. The third-order valence-electron chi connectivity index (χ3n) is 9.87. The summed E-state index contributed by atoms with van der Waals surface area (Å²) in [6.45, 7) is 7.39. The van der Waals surface area contributed by atoms with Crippen molar-refractivity contribution in [1.29, 1.82) is 0 Å². The van der Waals surface area contributed by atoms with Crippen LogP contribution in [0.3, 0.4) is 0 Å². The molecule has 0 spiro atoms. The Morgan fingerprint density at radius 2 is 1.62 bits per heavy atom. The second-order valence-electron chi connectivity index (χ2n) is 13.3. The molecule has 1 aromatic carbocycles. The van der Waals surface area contributed by atoms with E-state index >= 15 is 0 Å². The minimum absolute atomic E-state index is 0.269. The van der Waals surface area contributed by atoms with Crippen LogP contribution in [0.25, 0.3) is 0 Å². The number of oxazole rings is 1. The number of allylic oxidation sites excluding steroid dienone is 1. The molecule has 6 nitrogen and oxygen atoms in total. The Morgan fingerprint density at radius 3 is 2.22 bits per heavy atom. The zero-order valence-corrected chi connectivity index (χ0v) is 31.3. The normalized spacial score (nSPS) is 15.6. The number of nitrogens with zero attached hydrogens (tertiary/aromatic N) is 1. The van der Waals surface area contributed by atoms with Crippen molar-refractivity contribution in [3.05, 3.63) is 64.4 Å². The number of benzene rings is 1. The third-order valence-corrected chi connectivity index (χ3v) is 24.1. The Bertz CT molecular complexity index is 1090. The molecule has 3 rings (SSSR count). The molecular formula is C38H60N2O4Sn. The van der Waals surface area contributed by atoms with Gasteiger partial charge in [0.05, 0.1) is 0 Å². The average molecular weight is 728 g/mol. The maximum absolute atomic E-state index is 14.1. The van der Waals surface area contributed by atoms with Crippen molar-refractivity contribution in [2.24, 2.45) is 5.92 Å². The number of alkyl carbamates (subject to hydrolysis) is 1. The van der Waals surface area contributed by atoms with Crippen LogP contribution in [0.1, 0.15) is 135 Å². The van der Waals surface area contributed by atoms with Gasteiger partial charge in [-0.25, -0.2) is 0 Å². The van der Waals surface area contributed by atoms with Gasteiger partial charge < -0.3 is 0 Å². The van der Waals surface area contributed by atoms with E-state index in [1.165, 1.54) is 96.6 Å². The first-order valence-corrected chi connectivity index (χ1v) is 25.8. The molecule has 0 radical (unpaired) electrons. The van der Waals surface area contributed by atoms with Crippen LogP contribution in [0.4, 0.5) is 4.79 Å². The minimum atomic E-state index is -2.49. The Balaban J connectivity index is 1.75. The quantitative estimate of drug-likeness (QED) is 0.0599. The van der Waals surface area contributed by atoms with Crippen molar-refractivity contribution >= 4 is 30.4 Å². The molecule has 0 saturated heterocycles. The van der Waals surface area contributed by atoms with Gasteiger partial charge in [-0.2, -0.15) is 0 Å². The van der Waals surface area contributed by atoms with Gasteiger partial charge in [0.15, 0.2) is 0 Å². The molecular weight excluding hydrogens is 667 g/mol. The number of carbonyl (C=O) groups excluding carboxylic acids is 2. The molecule has 1 amide bonds. The molecule has 1 aromatic heterocycles. The fourth-order valence-corrected chi connectivity index (χ4v) is 21.6. The summed E-state index contributed by atoms with van der Waals surface area (Å²) in [5.41, 5.74) is -0.592. The van der Waals surface area contributed by atoms with Crippen molar-refractivity contribution in [3.8, 4) is 0 Å². The monoisotopic (exact) mass is 728 g/mol. The fourth-order valence-electron chi connectivity index (χ4n) is 7.12. The van der Waals surface area contributed by atoms with Gasteiger partial charge in [0, 0.05) is 0 Å². The number of unbranched alkanes of at least 4 members (excludes halogenated alkanes) is 4. The van der Waals surface area contributed by atoms with Crippen LogP contribution in [0.2, 0.25) is 13.3 Å². The number of esters is 1. The number of rotatable bonds is 21. The van der Waals surface area contributed by atoms with Gasteiger partial charge in [-0.1, -0.05) is 38.5 Å². The summed E-state index contributed by atoms with van der Waals surface area (Å²) in [6.07, 6.45) is 23.3. The predicted molar refractivity (Wildman–Crippen MR) is 187 cm³/mol. The van der Waals surface area contributed by atoms with Gasteiger partial charge in [-0.3, -0.25) is 0 Å². The van der Waals surface area contributed by atoms with Crippen LogP contribution in [0.5, 0.6) is 0 Å². The SMILES string of the molecule is CCC[CH2][Sn]([CH]=CCCC(C(=O)OC(=O)NCCCCC1CCCCC1)(c1ccccc1)c1ncco1)([CH2]CCC)[CH2]CCC. The Hall–Kier alpha value is -2.09. The maximum atomic E-state index is 14.1. The Morgan fingerprint density at radius 1 is 0.956 bits per heavy atom. The topological polar surface area (TPSA) is 81.4 Å². The van der Waals surface area contributed by atoms with Gasteiger partial charge in [0.25, 0.3) is 0 Å². The van der Waals surface area contributed by atoms with E-state index in [4.69, 9.17) is 9.15 Å². The number of hydrogen-bond donors (Lipinski definition) is 1. The molecule has 1 fully saturated rings. The average Bonchev–Trinajstić information content (AvgIpc) is 3.61. The summed E-state index contributed by atoms with van der Waals surface area (Å²) in [6, 6.07) is 9.55. The molecule has 7 heteroatoms. The summed E-state index contributed by atoms with van der Waals surface area (Å²) >= 11 is -2.49.